The van der Waals surface area contributed by atoms with E-state index >= 15 is 0 Å². The highest BCUT2D eigenvalue weighted by atomic mass is 19.1. The minimum Gasteiger partial charge on any atom is -0.386 e. The first-order chi connectivity index (χ1) is 14.9. The molecule has 2 aromatic carbocycles. The van der Waals surface area contributed by atoms with Crippen LogP contribution in [0.2, 0.25) is 0 Å². The van der Waals surface area contributed by atoms with Crippen LogP contribution in [-0.4, -0.2) is 73.7 Å². The first-order valence-corrected chi connectivity index (χ1v) is 10.5. The third-order valence-electron chi connectivity index (χ3n) is 6.47. The molecule has 1 unspecified atom stereocenters. The Morgan fingerprint density at radius 3 is 2.45 bits per heavy atom. The number of piperazine rings is 1. The van der Waals surface area contributed by atoms with E-state index in [0.717, 1.165) is 16.5 Å². The van der Waals surface area contributed by atoms with Crippen LogP contribution in [0.3, 0.4) is 0 Å². The molecule has 1 aliphatic heterocycles. The van der Waals surface area contributed by atoms with Crippen LogP contribution in [0.1, 0.15) is 23.2 Å². The van der Waals surface area contributed by atoms with Crippen molar-refractivity contribution in [3.05, 3.63) is 54.0 Å². The minimum absolute atomic E-state index is 0.0418. The number of amides is 1. The van der Waals surface area contributed by atoms with Crippen LogP contribution in [0.5, 0.6) is 0 Å². The maximum absolute atomic E-state index is 14.9. The van der Waals surface area contributed by atoms with E-state index in [-0.39, 0.29) is 11.5 Å². The van der Waals surface area contributed by atoms with E-state index in [1.54, 1.807) is 26.7 Å². The number of halogens is 1. The Hall–Kier alpha value is -2.81. The number of rotatable bonds is 4. The number of aliphatic hydroxyl groups excluding tert-OH is 1. The highest BCUT2D eigenvalue weighted by molar-refractivity contribution is 5.95. The molecule has 0 spiro atoms. The average Bonchev–Trinajstić information content (AvgIpc) is 3.44. The Morgan fingerprint density at radius 1 is 1.10 bits per heavy atom. The minimum atomic E-state index is -1.01. The zero-order chi connectivity index (χ0) is 21.8. The van der Waals surface area contributed by atoms with Gasteiger partial charge in [0, 0.05) is 38.6 Å². The molecule has 2 N–H and O–H groups in total. The second-order valence-corrected chi connectivity index (χ2v) is 8.54. The van der Waals surface area contributed by atoms with Gasteiger partial charge in [0.2, 0.25) is 0 Å². The summed E-state index contributed by atoms with van der Waals surface area (Å²) in [6.45, 7) is 1.65. The molecular weight excluding hydrogens is 399 g/mol. The Morgan fingerprint density at radius 2 is 1.77 bits per heavy atom. The third-order valence-corrected chi connectivity index (χ3v) is 6.47. The van der Waals surface area contributed by atoms with Gasteiger partial charge < -0.3 is 15.1 Å². The number of aromatic nitrogens is 2. The van der Waals surface area contributed by atoms with E-state index in [9.17, 15) is 19.4 Å². The van der Waals surface area contributed by atoms with Crippen LogP contribution >= 0.6 is 0 Å². The summed E-state index contributed by atoms with van der Waals surface area (Å²) < 4.78 is 16.7. The molecule has 1 aromatic heterocycles. The average molecular weight is 424 g/mol. The molecule has 5 rings (SSSR count). The highest BCUT2D eigenvalue weighted by Gasteiger charge is 2.50. The predicted molar refractivity (Wildman–Crippen MR) is 114 cm³/mol. The molecule has 0 radical (unpaired) electrons. The first kappa shape index (κ1) is 20.1. The summed E-state index contributed by atoms with van der Waals surface area (Å²) in [5, 5.41) is 25.6. The zero-order valence-corrected chi connectivity index (χ0v) is 17.3. The van der Waals surface area contributed by atoms with Gasteiger partial charge in [-0.2, -0.15) is 5.10 Å². The second kappa shape index (κ2) is 7.40. The molecule has 31 heavy (non-hydrogen) atoms. The summed E-state index contributed by atoms with van der Waals surface area (Å²) >= 11 is 0. The molecule has 2 heterocycles. The Labute approximate surface area is 179 Å². The lowest BCUT2D eigenvalue weighted by molar-refractivity contribution is -0.108. The van der Waals surface area contributed by atoms with Crippen LogP contribution in [-0.2, 0) is 7.05 Å². The molecular formula is C23H25FN4O3. The molecule has 1 saturated heterocycles. The van der Waals surface area contributed by atoms with E-state index < -0.39 is 17.6 Å². The van der Waals surface area contributed by atoms with Crippen LogP contribution in [0.4, 0.5) is 4.39 Å². The molecule has 1 amide bonds. The molecule has 8 heteroatoms. The molecule has 7 nitrogen and oxygen atoms in total. The van der Waals surface area contributed by atoms with E-state index in [4.69, 9.17) is 0 Å². The normalized spacial score (nSPS) is 19.5. The van der Waals surface area contributed by atoms with Crippen molar-refractivity contribution >= 4 is 16.8 Å². The van der Waals surface area contributed by atoms with Crippen LogP contribution in [0.25, 0.3) is 22.0 Å². The molecule has 2 aliphatic rings. The summed E-state index contributed by atoms with van der Waals surface area (Å²) in [7, 11) is 1.86. The summed E-state index contributed by atoms with van der Waals surface area (Å²) in [6, 6.07) is 10.5. The summed E-state index contributed by atoms with van der Waals surface area (Å²) in [6.07, 6.45) is 2.07. The molecule has 1 aliphatic carbocycles. The van der Waals surface area contributed by atoms with E-state index in [0.29, 0.717) is 44.6 Å². The summed E-state index contributed by atoms with van der Waals surface area (Å²) in [5.74, 6) is -0.909. The Kier molecular flexibility index (Phi) is 4.80. The number of fused-ring (bicyclic) bond motifs is 1. The quantitative estimate of drug-likeness (QED) is 0.669. The number of aliphatic hydroxyl groups is 2. The standard InChI is InChI=1S/C23H25FN4O3/c1-26-20-13-16(2-3-17(20)14-25-26)15-4-5-18(19(24)12-15)21(29)27-8-10-28(11-9-27)22(30)23(31)6-7-23/h2-5,12-14,22,30-31H,6-11H2,1H3. The Balaban J connectivity index is 1.30. The molecule has 2 fully saturated rings. The number of aryl methyl sites for hydroxylation is 1. The van der Waals surface area contributed by atoms with E-state index in [2.05, 4.69) is 5.10 Å². The van der Waals surface area contributed by atoms with Crippen molar-refractivity contribution in [3.8, 4) is 11.1 Å². The number of hydrogen-bond donors (Lipinski definition) is 2. The maximum atomic E-state index is 14.9. The summed E-state index contributed by atoms with van der Waals surface area (Å²) in [4.78, 5) is 16.3. The van der Waals surface area contributed by atoms with Gasteiger partial charge >= 0.3 is 0 Å². The molecule has 162 valence electrons. The van der Waals surface area contributed by atoms with Crippen molar-refractivity contribution in [1.82, 2.24) is 19.6 Å². The zero-order valence-electron chi connectivity index (χ0n) is 17.3. The van der Waals surface area contributed by atoms with Gasteiger partial charge in [-0.05, 0) is 42.2 Å². The topological polar surface area (TPSA) is 81.8 Å². The summed E-state index contributed by atoms with van der Waals surface area (Å²) in [5.41, 5.74) is 1.54. The van der Waals surface area contributed by atoms with Crippen molar-refractivity contribution in [1.29, 1.82) is 0 Å². The van der Waals surface area contributed by atoms with Crippen molar-refractivity contribution < 1.29 is 19.4 Å². The lowest BCUT2D eigenvalue weighted by atomic mass is 10.0. The van der Waals surface area contributed by atoms with Crippen molar-refractivity contribution in [2.75, 3.05) is 26.2 Å². The molecule has 0 bridgehead atoms. The lowest BCUT2D eigenvalue weighted by Crippen LogP contribution is -2.55. The third kappa shape index (κ3) is 3.60. The largest absolute Gasteiger partial charge is 0.386 e. The first-order valence-electron chi connectivity index (χ1n) is 10.5. The number of carbonyl (C=O) groups is 1. The predicted octanol–water partition coefficient (Wildman–Crippen LogP) is 1.98. The number of hydrogen-bond acceptors (Lipinski definition) is 5. The van der Waals surface area contributed by atoms with Crippen LogP contribution < -0.4 is 0 Å². The fraction of sp³-hybridized carbons (Fsp3) is 0.391. The second-order valence-electron chi connectivity index (χ2n) is 8.54. The highest BCUT2D eigenvalue weighted by Crippen LogP contribution is 2.39. The van der Waals surface area contributed by atoms with Gasteiger partial charge in [0.05, 0.1) is 17.3 Å². The van der Waals surface area contributed by atoms with E-state index in [1.807, 2.05) is 25.2 Å². The van der Waals surface area contributed by atoms with E-state index in [1.165, 1.54) is 12.1 Å². The van der Waals surface area contributed by atoms with Crippen molar-refractivity contribution in [2.45, 2.75) is 24.7 Å². The van der Waals surface area contributed by atoms with Gasteiger partial charge in [0.25, 0.3) is 5.91 Å². The monoisotopic (exact) mass is 424 g/mol. The van der Waals surface area contributed by atoms with Crippen LogP contribution in [0, 0.1) is 5.82 Å². The van der Waals surface area contributed by atoms with Gasteiger partial charge in [-0.15, -0.1) is 0 Å². The SMILES string of the molecule is Cn1ncc2ccc(-c3ccc(C(=O)N4CCN(C(O)C5(O)CC5)CC4)c(F)c3)cc21. The Bertz CT molecular complexity index is 1150. The van der Waals surface area contributed by atoms with Crippen LogP contribution in [0.15, 0.2) is 42.6 Å². The van der Waals surface area contributed by atoms with Gasteiger partial charge in [-0.3, -0.25) is 14.4 Å². The number of nitrogens with zero attached hydrogens (tertiary/aromatic N) is 4. The van der Waals surface area contributed by atoms with Gasteiger partial charge in [-0.1, -0.05) is 18.2 Å². The van der Waals surface area contributed by atoms with Gasteiger partial charge in [0.15, 0.2) is 0 Å². The van der Waals surface area contributed by atoms with Crippen molar-refractivity contribution in [3.63, 3.8) is 0 Å². The lowest BCUT2D eigenvalue weighted by Gasteiger charge is -2.38. The molecule has 3 aromatic rings. The van der Waals surface area contributed by atoms with Gasteiger partial charge in [0.1, 0.15) is 17.6 Å². The maximum Gasteiger partial charge on any atom is 0.256 e. The molecule has 1 atom stereocenters. The number of carbonyl (C=O) groups excluding carboxylic acids is 1. The molecule has 1 saturated carbocycles. The number of benzene rings is 2. The smallest absolute Gasteiger partial charge is 0.256 e. The fourth-order valence-corrected chi connectivity index (χ4v) is 4.26. The van der Waals surface area contributed by atoms with Gasteiger partial charge in [-0.25, -0.2) is 4.39 Å². The fourth-order valence-electron chi connectivity index (χ4n) is 4.26. The van der Waals surface area contributed by atoms with Crippen molar-refractivity contribution in [2.24, 2.45) is 7.05 Å².